The van der Waals surface area contributed by atoms with E-state index < -0.39 is 11.2 Å². The van der Waals surface area contributed by atoms with Crippen LogP contribution in [0.2, 0.25) is 10.0 Å². The molecule has 0 unspecified atom stereocenters. The summed E-state index contributed by atoms with van der Waals surface area (Å²) in [6.45, 7) is 2.07. The summed E-state index contributed by atoms with van der Waals surface area (Å²) in [7, 11) is 0. The summed E-state index contributed by atoms with van der Waals surface area (Å²) < 4.78 is 37.9. The van der Waals surface area contributed by atoms with E-state index in [1.54, 1.807) is 23.1 Å². The highest BCUT2D eigenvalue weighted by Crippen LogP contribution is 2.34. The first-order valence-electron chi connectivity index (χ1n) is 7.40. The van der Waals surface area contributed by atoms with Gasteiger partial charge in [0.25, 0.3) is 0 Å². The highest BCUT2D eigenvalue weighted by Gasteiger charge is 2.36. The van der Waals surface area contributed by atoms with Crippen LogP contribution in [0.5, 0.6) is 0 Å². The Kier molecular flexibility index (Phi) is 5.75. The number of anilines is 2. The summed E-state index contributed by atoms with van der Waals surface area (Å²) in [6.07, 6.45) is -4.47. The van der Waals surface area contributed by atoms with Crippen LogP contribution in [-0.2, 0) is 6.18 Å². The van der Waals surface area contributed by atoms with Crippen LogP contribution in [0.25, 0.3) is 0 Å². The second-order valence-corrected chi connectivity index (χ2v) is 7.67. The van der Waals surface area contributed by atoms with Gasteiger partial charge in [-0.15, -0.1) is 10.2 Å². The van der Waals surface area contributed by atoms with Crippen LogP contribution in [0.4, 0.5) is 24.0 Å². The maximum atomic E-state index is 12.6. The van der Waals surface area contributed by atoms with Crippen molar-refractivity contribution in [3.8, 4) is 0 Å². The molecule has 2 heterocycles. The molecular weight excluding hydrogens is 430 g/mol. The van der Waals surface area contributed by atoms with E-state index in [-0.39, 0.29) is 5.13 Å². The number of hydrogen-bond acceptors (Lipinski definition) is 5. The fourth-order valence-electron chi connectivity index (χ4n) is 2.39. The number of halogens is 5. The maximum absolute atomic E-state index is 12.6. The lowest BCUT2D eigenvalue weighted by molar-refractivity contribution is -0.138. The molecule has 12 heteroatoms. The maximum Gasteiger partial charge on any atom is 0.445 e. The number of piperazine rings is 1. The van der Waals surface area contributed by atoms with E-state index in [0.29, 0.717) is 58.4 Å². The molecule has 0 aliphatic carbocycles. The minimum atomic E-state index is -4.47. The van der Waals surface area contributed by atoms with Crippen LogP contribution in [-0.4, -0.2) is 46.4 Å². The van der Waals surface area contributed by atoms with Crippen molar-refractivity contribution in [2.45, 2.75) is 6.18 Å². The van der Waals surface area contributed by atoms with Gasteiger partial charge in [0.05, 0.1) is 0 Å². The zero-order valence-electron chi connectivity index (χ0n) is 13.1. The minimum Gasteiger partial charge on any atom is -0.345 e. The van der Waals surface area contributed by atoms with Crippen molar-refractivity contribution < 1.29 is 13.2 Å². The topological polar surface area (TPSA) is 44.3 Å². The molecule has 1 aromatic heterocycles. The van der Waals surface area contributed by atoms with Crippen LogP contribution in [0.15, 0.2) is 18.2 Å². The molecule has 0 atom stereocenters. The Bertz CT molecular complexity index is 786. The second kappa shape index (κ2) is 7.71. The molecule has 5 nitrogen and oxygen atoms in total. The Hall–Kier alpha value is -1.36. The van der Waals surface area contributed by atoms with Gasteiger partial charge in [0, 0.05) is 41.9 Å². The van der Waals surface area contributed by atoms with E-state index in [9.17, 15) is 13.2 Å². The average Bonchev–Trinajstić information content (AvgIpc) is 3.04. The fraction of sp³-hybridized carbons (Fsp3) is 0.357. The predicted octanol–water partition coefficient (Wildman–Crippen LogP) is 4.38. The zero-order chi connectivity index (χ0) is 18.9. The quantitative estimate of drug-likeness (QED) is 0.697. The highest BCUT2D eigenvalue weighted by atomic mass is 35.5. The van der Waals surface area contributed by atoms with Gasteiger partial charge in [-0.1, -0.05) is 34.5 Å². The molecule has 1 aliphatic rings. The number of hydrogen-bond donors (Lipinski definition) is 1. The summed E-state index contributed by atoms with van der Waals surface area (Å²) >= 11 is 17.9. The SMILES string of the molecule is FC(F)(F)c1nnc(N2CCN(C(=S)Nc3cc(Cl)cc(Cl)c3)CC2)s1. The normalized spacial score (nSPS) is 15.3. The van der Waals surface area contributed by atoms with Gasteiger partial charge in [0.2, 0.25) is 10.1 Å². The van der Waals surface area contributed by atoms with Gasteiger partial charge in [-0.2, -0.15) is 13.2 Å². The van der Waals surface area contributed by atoms with Crippen molar-refractivity contribution in [2.24, 2.45) is 0 Å². The van der Waals surface area contributed by atoms with Gasteiger partial charge >= 0.3 is 6.18 Å². The summed E-state index contributed by atoms with van der Waals surface area (Å²) in [4.78, 5) is 3.69. The number of thiocarbonyl (C=S) groups is 1. The zero-order valence-corrected chi connectivity index (χ0v) is 16.2. The summed E-state index contributed by atoms with van der Waals surface area (Å²) in [6, 6.07) is 5.03. The smallest absolute Gasteiger partial charge is 0.345 e. The third-order valence-electron chi connectivity index (χ3n) is 3.61. The largest absolute Gasteiger partial charge is 0.445 e. The summed E-state index contributed by atoms with van der Waals surface area (Å²) in [5, 5.41) is 10.7. The van der Waals surface area contributed by atoms with Crippen molar-refractivity contribution in [3.63, 3.8) is 0 Å². The molecule has 0 amide bonds. The second-order valence-electron chi connectivity index (χ2n) is 5.45. The van der Waals surface area contributed by atoms with Crippen LogP contribution in [0.3, 0.4) is 0 Å². The Balaban J connectivity index is 1.58. The molecule has 0 bridgehead atoms. The van der Waals surface area contributed by atoms with Crippen molar-refractivity contribution in [1.29, 1.82) is 0 Å². The van der Waals surface area contributed by atoms with E-state index >= 15 is 0 Å². The van der Waals surface area contributed by atoms with Crippen molar-refractivity contribution in [2.75, 3.05) is 36.4 Å². The third-order valence-corrected chi connectivity index (χ3v) is 5.43. The summed E-state index contributed by atoms with van der Waals surface area (Å²) in [5.41, 5.74) is 0.675. The fourth-order valence-corrected chi connectivity index (χ4v) is 3.98. The van der Waals surface area contributed by atoms with E-state index in [2.05, 4.69) is 15.5 Å². The van der Waals surface area contributed by atoms with Gasteiger partial charge in [-0.05, 0) is 30.4 Å². The van der Waals surface area contributed by atoms with Crippen molar-refractivity contribution in [3.05, 3.63) is 33.3 Å². The molecule has 0 radical (unpaired) electrons. The van der Waals surface area contributed by atoms with E-state index in [1.807, 2.05) is 4.90 Å². The lowest BCUT2D eigenvalue weighted by atomic mass is 10.3. The highest BCUT2D eigenvalue weighted by molar-refractivity contribution is 7.80. The molecular formula is C14H12Cl2F3N5S2. The first-order valence-corrected chi connectivity index (χ1v) is 9.38. The third kappa shape index (κ3) is 4.67. The van der Waals surface area contributed by atoms with Crippen molar-refractivity contribution >= 4 is 62.7 Å². The van der Waals surface area contributed by atoms with Gasteiger partial charge in [-0.3, -0.25) is 0 Å². The van der Waals surface area contributed by atoms with Crippen molar-refractivity contribution in [1.82, 2.24) is 15.1 Å². The first kappa shape index (κ1) is 19.4. The monoisotopic (exact) mass is 441 g/mol. The summed E-state index contributed by atoms with van der Waals surface area (Å²) in [5.74, 6) is 0. The molecule has 1 fully saturated rings. The van der Waals surface area contributed by atoms with E-state index in [4.69, 9.17) is 35.4 Å². The number of alkyl halides is 3. The Morgan fingerprint density at radius 1 is 1.08 bits per heavy atom. The number of nitrogens with zero attached hydrogens (tertiary/aromatic N) is 4. The van der Waals surface area contributed by atoms with Gasteiger partial charge in [0.15, 0.2) is 5.11 Å². The molecule has 0 spiro atoms. The minimum absolute atomic E-state index is 0.262. The average molecular weight is 442 g/mol. The van der Waals surface area contributed by atoms with Crippen LogP contribution in [0.1, 0.15) is 5.01 Å². The standard InChI is InChI=1S/C14H12Cl2F3N5S2/c15-8-5-9(16)7-10(6-8)20-12(25)23-1-3-24(4-2-23)13-22-21-11(26-13)14(17,18)19/h5-7H,1-4H2,(H,20,25). The molecule has 1 aromatic carbocycles. The molecule has 2 aromatic rings. The van der Waals surface area contributed by atoms with Crippen LogP contribution < -0.4 is 10.2 Å². The molecule has 1 saturated heterocycles. The van der Waals surface area contributed by atoms with E-state index in [1.165, 1.54) is 0 Å². The molecule has 1 N–H and O–H groups in total. The number of aromatic nitrogens is 2. The molecule has 0 saturated carbocycles. The Labute approximate surface area is 166 Å². The van der Waals surface area contributed by atoms with E-state index in [0.717, 1.165) is 0 Å². The number of benzene rings is 1. The van der Waals surface area contributed by atoms with Gasteiger partial charge in [0.1, 0.15) is 0 Å². The lowest BCUT2D eigenvalue weighted by Gasteiger charge is -2.35. The lowest BCUT2D eigenvalue weighted by Crippen LogP contribution is -2.50. The number of nitrogens with one attached hydrogen (secondary N) is 1. The molecule has 3 rings (SSSR count). The molecule has 1 aliphatic heterocycles. The van der Waals surface area contributed by atoms with Gasteiger partial charge < -0.3 is 15.1 Å². The predicted molar refractivity (Wildman–Crippen MR) is 101 cm³/mol. The first-order chi connectivity index (χ1) is 12.2. The van der Waals surface area contributed by atoms with Gasteiger partial charge in [-0.25, -0.2) is 0 Å². The number of rotatable bonds is 2. The Morgan fingerprint density at radius 2 is 1.69 bits per heavy atom. The molecule has 26 heavy (non-hydrogen) atoms. The van der Waals surface area contributed by atoms with Crippen LogP contribution in [0, 0.1) is 0 Å². The Morgan fingerprint density at radius 3 is 2.23 bits per heavy atom. The molecule has 140 valence electrons. The van der Waals surface area contributed by atoms with Crippen LogP contribution >= 0.6 is 46.8 Å².